The summed E-state index contributed by atoms with van der Waals surface area (Å²) in [5.74, 6) is -0.886. The van der Waals surface area contributed by atoms with Crippen LogP contribution < -0.4 is 5.32 Å². The van der Waals surface area contributed by atoms with Crippen LogP contribution in [0.2, 0.25) is 10.0 Å². The highest BCUT2D eigenvalue weighted by Crippen LogP contribution is 2.44. The lowest BCUT2D eigenvalue weighted by Gasteiger charge is -2.15. The Kier molecular flexibility index (Phi) is 4.89. The number of hydrogen-bond donors (Lipinski definition) is 2. The average molecular weight is 468 g/mol. The van der Waals surface area contributed by atoms with Gasteiger partial charge in [-0.1, -0.05) is 29.3 Å². The fraction of sp³-hybridized carbons (Fsp3) is 0.167. The number of imide groups is 1. The van der Waals surface area contributed by atoms with Gasteiger partial charge < -0.3 is 14.6 Å². The first-order valence-electron chi connectivity index (χ1n) is 10.0. The zero-order valence-electron chi connectivity index (χ0n) is 17.4. The van der Waals surface area contributed by atoms with E-state index in [0.717, 1.165) is 17.6 Å². The predicted molar refractivity (Wildman–Crippen MR) is 127 cm³/mol. The Balaban J connectivity index is 1.97. The van der Waals surface area contributed by atoms with E-state index in [1.54, 1.807) is 30.3 Å². The molecule has 0 spiro atoms. The Bertz CT molecular complexity index is 1440. The van der Waals surface area contributed by atoms with Crippen LogP contribution in [0.15, 0.2) is 42.5 Å². The Hall–Kier alpha value is -3.06. The monoisotopic (exact) mass is 467 g/mol. The van der Waals surface area contributed by atoms with Gasteiger partial charge in [0.1, 0.15) is 5.75 Å². The third kappa shape index (κ3) is 3.06. The number of carbonyl (C=O) groups excluding carboxylic acids is 2. The molecule has 5 rings (SSSR count). The summed E-state index contributed by atoms with van der Waals surface area (Å²) in [6.45, 7) is 1.39. The maximum atomic E-state index is 13.0. The van der Waals surface area contributed by atoms with Crippen molar-refractivity contribution in [3.05, 3.63) is 63.6 Å². The van der Waals surface area contributed by atoms with Crippen LogP contribution in [0.1, 0.15) is 20.7 Å². The van der Waals surface area contributed by atoms with Gasteiger partial charge in [-0.15, -0.1) is 0 Å². The number of likely N-dealkylation sites (N-methyl/N-ethyl adjacent to an activating group) is 1. The lowest BCUT2D eigenvalue weighted by molar-refractivity contribution is 0.0880. The number of hydrogen-bond acceptors (Lipinski definition) is 4. The third-order valence-corrected chi connectivity index (χ3v) is 6.45. The Morgan fingerprint density at radius 2 is 1.62 bits per heavy atom. The number of aromatic hydroxyl groups is 1. The van der Waals surface area contributed by atoms with Crippen molar-refractivity contribution in [2.75, 3.05) is 20.6 Å². The smallest absolute Gasteiger partial charge is 0.259 e. The molecule has 32 heavy (non-hydrogen) atoms. The summed E-state index contributed by atoms with van der Waals surface area (Å²) in [7, 11) is 3.97. The van der Waals surface area contributed by atoms with Gasteiger partial charge in [0.25, 0.3) is 11.8 Å². The van der Waals surface area contributed by atoms with Crippen molar-refractivity contribution in [3.8, 4) is 16.9 Å². The molecule has 0 saturated carbocycles. The number of nitrogens with one attached hydrogen (secondary N) is 1. The number of amides is 2. The van der Waals surface area contributed by atoms with Crippen LogP contribution in [-0.4, -0.2) is 47.0 Å². The number of aromatic nitrogens is 1. The molecule has 162 valence electrons. The minimum absolute atomic E-state index is 0.0841. The normalized spacial score (nSPS) is 13.4. The summed E-state index contributed by atoms with van der Waals surface area (Å²) >= 11 is 13.0. The van der Waals surface area contributed by atoms with Crippen LogP contribution in [0.4, 0.5) is 0 Å². The van der Waals surface area contributed by atoms with E-state index in [2.05, 4.69) is 14.8 Å². The Morgan fingerprint density at radius 3 is 2.31 bits per heavy atom. The number of carbonyl (C=O) groups is 2. The molecule has 4 aromatic rings. The number of fused-ring (bicyclic) bond motifs is 5. The van der Waals surface area contributed by atoms with Gasteiger partial charge in [0, 0.05) is 50.6 Å². The minimum atomic E-state index is -0.493. The quantitative estimate of drug-likeness (QED) is 0.417. The molecule has 6 nitrogen and oxygen atoms in total. The minimum Gasteiger partial charge on any atom is -0.508 e. The van der Waals surface area contributed by atoms with E-state index in [0.29, 0.717) is 38.5 Å². The van der Waals surface area contributed by atoms with E-state index in [1.807, 2.05) is 26.2 Å². The molecular formula is C24H19Cl2N3O3. The second-order valence-electron chi connectivity index (χ2n) is 8.10. The number of halogens is 2. The summed E-state index contributed by atoms with van der Waals surface area (Å²) < 4.78 is 2.09. The summed E-state index contributed by atoms with van der Waals surface area (Å²) in [5.41, 5.74) is 3.15. The molecule has 0 unspecified atom stereocenters. The lowest BCUT2D eigenvalue weighted by atomic mass is 9.92. The number of benzene rings is 3. The summed E-state index contributed by atoms with van der Waals surface area (Å²) in [4.78, 5) is 27.9. The molecule has 2 amide bonds. The first kappa shape index (κ1) is 20.8. The van der Waals surface area contributed by atoms with Gasteiger partial charge in [-0.05, 0) is 50.5 Å². The van der Waals surface area contributed by atoms with Gasteiger partial charge in [-0.3, -0.25) is 14.9 Å². The molecule has 2 heterocycles. The maximum Gasteiger partial charge on any atom is 0.259 e. The molecular weight excluding hydrogens is 449 g/mol. The highest BCUT2D eigenvalue weighted by Gasteiger charge is 2.35. The van der Waals surface area contributed by atoms with Gasteiger partial charge in [0.05, 0.1) is 16.6 Å². The standard InChI is InChI=1S/C24H19Cl2N3O3/c1-28(2)8-9-29-17-7-6-12(30)10-13(17)20-18(29)11-14(19-15(25)4-3-5-16(19)26)21-22(20)24(32)27-23(21)31/h3-7,10-11,30H,8-9H2,1-2H3,(H,27,31,32). The van der Waals surface area contributed by atoms with E-state index >= 15 is 0 Å². The average Bonchev–Trinajstić information content (AvgIpc) is 3.19. The van der Waals surface area contributed by atoms with Crippen molar-refractivity contribution in [3.63, 3.8) is 0 Å². The number of nitrogens with zero attached hydrogens (tertiary/aromatic N) is 2. The molecule has 3 aromatic carbocycles. The summed E-state index contributed by atoms with van der Waals surface area (Å²) in [5, 5.41) is 14.7. The van der Waals surface area contributed by atoms with E-state index < -0.39 is 11.8 Å². The zero-order chi connectivity index (χ0) is 22.7. The van der Waals surface area contributed by atoms with Gasteiger partial charge in [-0.2, -0.15) is 0 Å². The molecule has 8 heteroatoms. The van der Waals surface area contributed by atoms with Crippen LogP contribution in [0.25, 0.3) is 32.9 Å². The van der Waals surface area contributed by atoms with Gasteiger partial charge in [0.15, 0.2) is 0 Å². The molecule has 0 saturated heterocycles. The molecule has 1 aliphatic heterocycles. The second-order valence-corrected chi connectivity index (χ2v) is 8.92. The molecule has 2 N–H and O–H groups in total. The van der Waals surface area contributed by atoms with Gasteiger partial charge >= 0.3 is 0 Å². The Labute approximate surface area is 193 Å². The molecule has 0 fully saturated rings. The topological polar surface area (TPSA) is 74.6 Å². The van der Waals surface area contributed by atoms with Crippen molar-refractivity contribution >= 4 is 56.8 Å². The SMILES string of the molecule is CN(C)CCn1c2ccc(O)cc2c2c3c(c(-c4c(Cl)cccc4Cl)cc21)C(=O)NC3=O. The van der Waals surface area contributed by atoms with Crippen molar-refractivity contribution in [1.29, 1.82) is 0 Å². The molecule has 0 atom stereocenters. The molecule has 0 aliphatic carbocycles. The van der Waals surface area contributed by atoms with Crippen LogP contribution in [0.3, 0.4) is 0 Å². The summed E-state index contributed by atoms with van der Waals surface area (Å²) in [6.07, 6.45) is 0. The molecule has 1 aliphatic rings. The van der Waals surface area contributed by atoms with Crippen LogP contribution in [-0.2, 0) is 6.54 Å². The first-order valence-corrected chi connectivity index (χ1v) is 10.8. The molecule has 1 aromatic heterocycles. The van der Waals surface area contributed by atoms with Gasteiger partial charge in [0.2, 0.25) is 0 Å². The predicted octanol–water partition coefficient (Wildman–Crippen LogP) is 4.92. The van der Waals surface area contributed by atoms with Crippen molar-refractivity contribution in [1.82, 2.24) is 14.8 Å². The first-order chi connectivity index (χ1) is 15.3. The fourth-order valence-corrected chi connectivity index (χ4v) is 5.03. The van der Waals surface area contributed by atoms with Crippen molar-refractivity contribution in [2.24, 2.45) is 0 Å². The van der Waals surface area contributed by atoms with Gasteiger partial charge in [-0.25, -0.2) is 0 Å². The van der Waals surface area contributed by atoms with Crippen molar-refractivity contribution < 1.29 is 14.7 Å². The van der Waals surface area contributed by atoms with Crippen LogP contribution >= 0.6 is 23.2 Å². The van der Waals surface area contributed by atoms with E-state index in [1.165, 1.54) is 0 Å². The third-order valence-electron chi connectivity index (χ3n) is 5.82. The highest BCUT2D eigenvalue weighted by molar-refractivity contribution is 6.41. The van der Waals surface area contributed by atoms with Crippen LogP contribution in [0.5, 0.6) is 5.75 Å². The van der Waals surface area contributed by atoms with E-state index in [4.69, 9.17) is 23.2 Å². The number of rotatable bonds is 4. The lowest BCUT2D eigenvalue weighted by Crippen LogP contribution is -2.20. The maximum absolute atomic E-state index is 13.0. The number of phenols is 1. The molecule has 0 bridgehead atoms. The van der Waals surface area contributed by atoms with Crippen LogP contribution in [0, 0.1) is 0 Å². The molecule has 0 radical (unpaired) electrons. The number of phenolic OH excluding ortho intramolecular Hbond substituents is 1. The summed E-state index contributed by atoms with van der Waals surface area (Å²) in [6, 6.07) is 12.1. The van der Waals surface area contributed by atoms with Crippen molar-refractivity contribution in [2.45, 2.75) is 6.54 Å². The Morgan fingerprint density at radius 1 is 0.938 bits per heavy atom. The zero-order valence-corrected chi connectivity index (χ0v) is 18.9. The second kappa shape index (κ2) is 7.52. The highest BCUT2D eigenvalue weighted by atomic mass is 35.5. The van der Waals surface area contributed by atoms with E-state index in [-0.39, 0.29) is 16.9 Å². The largest absolute Gasteiger partial charge is 0.508 e. The fourth-order valence-electron chi connectivity index (χ4n) is 4.43. The van der Waals surface area contributed by atoms with E-state index in [9.17, 15) is 14.7 Å².